The Balaban J connectivity index is 2.06. The largest absolute Gasteiger partial charge is 0.348 e. The summed E-state index contributed by atoms with van der Waals surface area (Å²) in [5.41, 5.74) is 3.05. The topological polar surface area (TPSA) is 64.7 Å². The number of nitrogens with zero attached hydrogens (tertiary/aromatic N) is 4. The maximum Gasteiger partial charge on any atom is 0.245 e. The van der Waals surface area contributed by atoms with Gasteiger partial charge in [-0.3, -0.25) is 14.2 Å². The van der Waals surface area contributed by atoms with Crippen LogP contribution in [0, 0.1) is 13.8 Å². The molecule has 2 rings (SSSR count). The van der Waals surface area contributed by atoms with Crippen LogP contribution < -0.4 is 5.32 Å². The SMILES string of the molecule is CCn1cc(C(C)NC(=O)C(C)n2cc(C)cn2)c(C)n1. The van der Waals surface area contributed by atoms with Gasteiger partial charge in [0.25, 0.3) is 0 Å². The Hall–Kier alpha value is -2.11. The van der Waals surface area contributed by atoms with Gasteiger partial charge in [0, 0.05) is 24.5 Å². The van der Waals surface area contributed by atoms with Crippen LogP contribution >= 0.6 is 0 Å². The molecule has 0 aliphatic rings. The number of nitrogens with one attached hydrogen (secondary N) is 1. The second-order valence-electron chi connectivity index (χ2n) is 5.43. The van der Waals surface area contributed by atoms with Crippen LogP contribution in [-0.2, 0) is 11.3 Å². The van der Waals surface area contributed by atoms with Crippen LogP contribution in [0.4, 0.5) is 0 Å². The van der Waals surface area contributed by atoms with Gasteiger partial charge in [0.2, 0.25) is 5.91 Å². The Bertz CT molecular complexity index is 628. The van der Waals surface area contributed by atoms with Gasteiger partial charge in [0.05, 0.1) is 17.9 Å². The molecule has 2 heterocycles. The van der Waals surface area contributed by atoms with E-state index < -0.39 is 0 Å². The highest BCUT2D eigenvalue weighted by Crippen LogP contribution is 2.17. The Kier molecular flexibility index (Phi) is 4.45. The van der Waals surface area contributed by atoms with Crippen LogP contribution in [0.2, 0.25) is 0 Å². The third-order valence-electron chi connectivity index (χ3n) is 3.64. The van der Waals surface area contributed by atoms with Gasteiger partial charge in [-0.05, 0) is 40.2 Å². The van der Waals surface area contributed by atoms with E-state index in [2.05, 4.69) is 15.5 Å². The quantitative estimate of drug-likeness (QED) is 0.917. The van der Waals surface area contributed by atoms with Crippen LogP contribution in [0.1, 0.15) is 49.7 Å². The van der Waals surface area contributed by atoms with Gasteiger partial charge >= 0.3 is 0 Å². The molecule has 0 saturated heterocycles. The second-order valence-corrected chi connectivity index (χ2v) is 5.43. The second kappa shape index (κ2) is 6.11. The molecular formula is C15H23N5O. The van der Waals surface area contributed by atoms with Gasteiger partial charge in [0.1, 0.15) is 6.04 Å². The van der Waals surface area contributed by atoms with Crippen LogP contribution in [0.3, 0.4) is 0 Å². The average Bonchev–Trinajstić information content (AvgIpc) is 3.03. The van der Waals surface area contributed by atoms with Gasteiger partial charge in [-0.15, -0.1) is 0 Å². The van der Waals surface area contributed by atoms with Crippen molar-refractivity contribution in [3.8, 4) is 0 Å². The first-order valence-electron chi connectivity index (χ1n) is 7.27. The average molecular weight is 289 g/mol. The third-order valence-corrected chi connectivity index (χ3v) is 3.64. The van der Waals surface area contributed by atoms with Crippen LogP contribution in [0.15, 0.2) is 18.6 Å². The lowest BCUT2D eigenvalue weighted by atomic mass is 10.1. The Morgan fingerprint density at radius 1 is 1.33 bits per heavy atom. The van der Waals surface area contributed by atoms with Gasteiger partial charge in [-0.1, -0.05) is 0 Å². The number of carbonyl (C=O) groups is 1. The van der Waals surface area contributed by atoms with E-state index in [0.29, 0.717) is 0 Å². The first-order valence-corrected chi connectivity index (χ1v) is 7.27. The molecule has 0 fully saturated rings. The molecular weight excluding hydrogens is 266 g/mol. The molecule has 1 amide bonds. The normalized spacial score (nSPS) is 14.0. The van der Waals surface area contributed by atoms with Crippen molar-refractivity contribution < 1.29 is 4.79 Å². The standard InChI is InChI=1S/C15H23N5O/c1-6-19-9-14(12(4)18-19)11(3)17-15(21)13(5)20-8-10(2)7-16-20/h7-9,11,13H,6H2,1-5H3,(H,17,21). The fraction of sp³-hybridized carbons (Fsp3) is 0.533. The zero-order chi connectivity index (χ0) is 15.6. The zero-order valence-corrected chi connectivity index (χ0v) is 13.3. The lowest BCUT2D eigenvalue weighted by Gasteiger charge is -2.17. The molecule has 0 spiro atoms. The smallest absolute Gasteiger partial charge is 0.245 e. The fourth-order valence-electron chi connectivity index (χ4n) is 2.30. The predicted molar refractivity (Wildman–Crippen MR) is 80.9 cm³/mol. The van der Waals surface area contributed by atoms with Gasteiger partial charge in [-0.2, -0.15) is 10.2 Å². The Labute approximate surface area is 125 Å². The van der Waals surface area contributed by atoms with Crippen molar-refractivity contribution in [3.63, 3.8) is 0 Å². The maximum absolute atomic E-state index is 12.3. The number of hydrogen-bond donors (Lipinski definition) is 1. The molecule has 6 nitrogen and oxygen atoms in total. The summed E-state index contributed by atoms with van der Waals surface area (Å²) in [6.07, 6.45) is 5.61. The maximum atomic E-state index is 12.3. The minimum atomic E-state index is -0.331. The van der Waals surface area contributed by atoms with E-state index in [0.717, 1.165) is 23.4 Å². The molecule has 1 N–H and O–H groups in total. The fourth-order valence-corrected chi connectivity index (χ4v) is 2.30. The molecule has 0 bridgehead atoms. The van der Waals surface area contributed by atoms with Gasteiger partial charge in [0.15, 0.2) is 0 Å². The molecule has 114 valence electrons. The summed E-state index contributed by atoms with van der Waals surface area (Å²) in [7, 11) is 0. The molecule has 21 heavy (non-hydrogen) atoms. The summed E-state index contributed by atoms with van der Waals surface area (Å²) in [4.78, 5) is 12.3. The predicted octanol–water partition coefficient (Wildman–Crippen LogP) is 2.15. The van der Waals surface area contributed by atoms with Crippen LogP contribution in [0.25, 0.3) is 0 Å². The van der Waals surface area contributed by atoms with E-state index in [9.17, 15) is 4.79 Å². The van der Waals surface area contributed by atoms with Crippen LogP contribution in [0.5, 0.6) is 0 Å². The molecule has 2 unspecified atom stereocenters. The van der Waals surface area contributed by atoms with Crippen molar-refractivity contribution in [3.05, 3.63) is 35.4 Å². The minimum absolute atomic E-state index is 0.0470. The highest BCUT2D eigenvalue weighted by atomic mass is 16.2. The number of carbonyl (C=O) groups excluding carboxylic acids is 1. The first kappa shape index (κ1) is 15.3. The highest BCUT2D eigenvalue weighted by molar-refractivity contribution is 5.80. The van der Waals surface area contributed by atoms with Crippen molar-refractivity contribution in [1.82, 2.24) is 24.9 Å². The molecule has 0 aliphatic carbocycles. The van der Waals surface area contributed by atoms with E-state index in [1.807, 2.05) is 51.7 Å². The van der Waals surface area contributed by atoms with Crippen LogP contribution in [-0.4, -0.2) is 25.5 Å². The summed E-state index contributed by atoms with van der Waals surface area (Å²) in [6.45, 7) is 10.6. The van der Waals surface area contributed by atoms with Crippen molar-refractivity contribution >= 4 is 5.91 Å². The lowest BCUT2D eigenvalue weighted by Crippen LogP contribution is -2.33. The molecule has 0 aromatic carbocycles. The summed E-state index contributed by atoms with van der Waals surface area (Å²) >= 11 is 0. The first-order chi connectivity index (χ1) is 9.92. The zero-order valence-electron chi connectivity index (χ0n) is 13.3. The highest BCUT2D eigenvalue weighted by Gasteiger charge is 2.20. The number of hydrogen-bond acceptors (Lipinski definition) is 3. The molecule has 0 aliphatic heterocycles. The monoisotopic (exact) mass is 289 g/mol. The van der Waals surface area contributed by atoms with E-state index >= 15 is 0 Å². The van der Waals surface area contributed by atoms with Crippen molar-refractivity contribution in [2.75, 3.05) is 0 Å². The summed E-state index contributed by atoms with van der Waals surface area (Å²) in [6, 6.07) is -0.403. The summed E-state index contributed by atoms with van der Waals surface area (Å²) < 4.78 is 3.56. The number of aryl methyl sites for hydroxylation is 3. The Morgan fingerprint density at radius 3 is 2.57 bits per heavy atom. The number of aromatic nitrogens is 4. The molecule has 0 saturated carbocycles. The van der Waals surface area contributed by atoms with Crippen molar-refractivity contribution in [2.24, 2.45) is 0 Å². The molecule has 2 atom stereocenters. The lowest BCUT2D eigenvalue weighted by molar-refractivity contribution is -0.124. The molecule has 2 aromatic heterocycles. The van der Waals surface area contributed by atoms with Gasteiger partial charge in [-0.25, -0.2) is 0 Å². The van der Waals surface area contributed by atoms with E-state index in [1.54, 1.807) is 10.9 Å². The van der Waals surface area contributed by atoms with Crippen molar-refractivity contribution in [1.29, 1.82) is 0 Å². The van der Waals surface area contributed by atoms with Gasteiger partial charge < -0.3 is 5.32 Å². The van der Waals surface area contributed by atoms with Crippen molar-refractivity contribution in [2.45, 2.75) is 53.2 Å². The van der Waals surface area contributed by atoms with E-state index in [1.165, 1.54) is 0 Å². The Morgan fingerprint density at radius 2 is 2.05 bits per heavy atom. The number of amides is 1. The van der Waals surface area contributed by atoms with E-state index in [-0.39, 0.29) is 18.0 Å². The third kappa shape index (κ3) is 3.32. The molecule has 2 aromatic rings. The summed E-state index contributed by atoms with van der Waals surface area (Å²) in [5.74, 6) is -0.0470. The summed E-state index contributed by atoms with van der Waals surface area (Å²) in [5, 5.41) is 11.6. The van der Waals surface area contributed by atoms with E-state index in [4.69, 9.17) is 0 Å². The molecule has 0 radical (unpaired) electrons. The molecule has 6 heteroatoms. The minimum Gasteiger partial charge on any atom is -0.348 e. The number of rotatable bonds is 5.